The molecule has 0 saturated heterocycles. The van der Waals surface area contributed by atoms with Crippen molar-refractivity contribution >= 4 is 29.3 Å². The second kappa shape index (κ2) is 9.81. The fourth-order valence-corrected chi connectivity index (χ4v) is 5.21. The molecule has 1 amide bonds. The van der Waals surface area contributed by atoms with Gasteiger partial charge in [0.05, 0.1) is 42.9 Å². The van der Waals surface area contributed by atoms with E-state index >= 15 is 0 Å². The van der Waals surface area contributed by atoms with E-state index in [9.17, 15) is 4.79 Å². The molecule has 2 saturated carbocycles. The molecule has 34 heavy (non-hydrogen) atoms. The number of hydrogen-bond donors (Lipinski definition) is 0. The lowest BCUT2D eigenvalue weighted by Gasteiger charge is -2.39. The minimum atomic E-state index is -0.493. The van der Waals surface area contributed by atoms with Crippen LogP contribution in [0.3, 0.4) is 0 Å². The van der Waals surface area contributed by atoms with E-state index < -0.39 is 5.60 Å². The number of carbonyl (C=O) groups is 1. The normalized spacial score (nSPS) is 21.5. The van der Waals surface area contributed by atoms with Gasteiger partial charge in [-0.15, -0.1) is 0 Å². The van der Waals surface area contributed by atoms with Gasteiger partial charge in [-0.3, -0.25) is 0 Å². The van der Waals surface area contributed by atoms with Gasteiger partial charge in [0.1, 0.15) is 17.1 Å². The average Bonchev–Trinajstić information content (AvgIpc) is 3.52. The Hall–Kier alpha value is -1.60. The van der Waals surface area contributed by atoms with Crippen LogP contribution >= 0.6 is 23.2 Å². The van der Waals surface area contributed by atoms with E-state index in [0.29, 0.717) is 33.8 Å². The fourth-order valence-electron chi connectivity index (χ4n) is 4.64. The molecule has 0 radical (unpaired) electrons. The van der Waals surface area contributed by atoms with Crippen LogP contribution in [0.5, 0.6) is 0 Å². The van der Waals surface area contributed by atoms with Crippen molar-refractivity contribution in [1.82, 2.24) is 5.16 Å². The molecule has 0 aliphatic heterocycles. The number of carbonyl (C=O) groups excluding carboxylic acids is 1. The maximum absolute atomic E-state index is 12.8. The monoisotopic (exact) mass is 509 g/mol. The zero-order chi connectivity index (χ0) is 24.7. The van der Waals surface area contributed by atoms with Gasteiger partial charge < -0.3 is 14.0 Å². The Kier molecular flexibility index (Phi) is 7.35. The molecule has 1 aromatic carbocycles. The molecule has 8 heteroatoms. The summed E-state index contributed by atoms with van der Waals surface area (Å²) in [5.74, 6) is 1.28. The highest BCUT2D eigenvalue weighted by molar-refractivity contribution is 6.39. The number of nitrogens with zero attached hydrogens (tertiary/aromatic N) is 2. The van der Waals surface area contributed by atoms with Crippen LogP contribution < -0.4 is 0 Å². The number of ether oxygens (including phenoxy) is 2. The molecule has 1 heterocycles. The van der Waals surface area contributed by atoms with Crippen LogP contribution in [0.4, 0.5) is 4.79 Å². The van der Waals surface area contributed by atoms with Crippen molar-refractivity contribution in [3.05, 3.63) is 39.6 Å². The number of quaternary nitrogens is 1. The summed E-state index contributed by atoms with van der Waals surface area (Å²) < 4.78 is 18.0. The predicted molar refractivity (Wildman–Crippen MR) is 133 cm³/mol. The first-order valence-corrected chi connectivity index (χ1v) is 12.8. The smallest absolute Gasteiger partial charge is 0.414 e. The number of halogens is 2. The zero-order valence-corrected chi connectivity index (χ0v) is 22.2. The summed E-state index contributed by atoms with van der Waals surface area (Å²) in [5.41, 5.74) is 1.83. The number of amides is 1. The Morgan fingerprint density at radius 3 is 2.26 bits per heavy atom. The lowest BCUT2D eigenvalue weighted by molar-refractivity contribution is -0.846. The first-order valence-electron chi connectivity index (χ1n) is 12.1. The van der Waals surface area contributed by atoms with E-state index in [2.05, 4.69) is 5.16 Å². The lowest BCUT2D eigenvalue weighted by atomic mass is 9.91. The first-order chi connectivity index (χ1) is 16.0. The van der Waals surface area contributed by atoms with E-state index in [1.54, 1.807) is 0 Å². The van der Waals surface area contributed by atoms with Crippen LogP contribution in [0.1, 0.15) is 76.5 Å². The number of rotatable bonds is 6. The molecular weight excluding hydrogens is 475 g/mol. The number of benzene rings is 1. The molecule has 0 atom stereocenters. The third-order valence-electron chi connectivity index (χ3n) is 6.85. The van der Waals surface area contributed by atoms with Gasteiger partial charge in [-0.2, -0.15) is 4.79 Å². The molecule has 6 nitrogen and oxygen atoms in total. The van der Waals surface area contributed by atoms with E-state index in [1.807, 2.05) is 53.1 Å². The molecule has 4 rings (SSSR count). The van der Waals surface area contributed by atoms with Crippen molar-refractivity contribution in [3.8, 4) is 11.3 Å². The molecule has 0 spiro atoms. The molecule has 1 aromatic heterocycles. The van der Waals surface area contributed by atoms with Crippen molar-refractivity contribution in [2.75, 3.05) is 14.1 Å². The molecule has 0 N–H and O–H groups in total. The van der Waals surface area contributed by atoms with E-state index in [-0.39, 0.29) is 22.7 Å². The van der Waals surface area contributed by atoms with Crippen molar-refractivity contribution < 1.29 is 23.3 Å². The largest absolute Gasteiger partial charge is 0.516 e. The van der Waals surface area contributed by atoms with Gasteiger partial charge in [-0.05, 0) is 58.6 Å². The molecule has 2 fully saturated rings. The summed E-state index contributed by atoms with van der Waals surface area (Å²) in [6.45, 7) is 6.12. The van der Waals surface area contributed by atoms with Crippen LogP contribution in [0.2, 0.25) is 10.0 Å². The van der Waals surface area contributed by atoms with Crippen LogP contribution in [-0.2, 0) is 16.1 Å². The summed E-state index contributed by atoms with van der Waals surface area (Å²) >= 11 is 12.9. The van der Waals surface area contributed by atoms with Crippen molar-refractivity contribution in [3.63, 3.8) is 0 Å². The summed E-state index contributed by atoms with van der Waals surface area (Å²) in [6.07, 6.45) is 5.71. The van der Waals surface area contributed by atoms with Gasteiger partial charge in [0, 0.05) is 29.9 Å². The third-order valence-corrected chi connectivity index (χ3v) is 7.48. The average molecular weight is 510 g/mol. The van der Waals surface area contributed by atoms with Gasteiger partial charge in [-0.1, -0.05) is 34.4 Å². The predicted octanol–water partition coefficient (Wildman–Crippen LogP) is 7.37. The van der Waals surface area contributed by atoms with Crippen molar-refractivity contribution in [2.45, 2.75) is 89.6 Å². The molecule has 186 valence electrons. The van der Waals surface area contributed by atoms with E-state index in [4.69, 9.17) is 37.2 Å². The van der Waals surface area contributed by atoms with E-state index in [1.165, 1.54) is 0 Å². The van der Waals surface area contributed by atoms with Gasteiger partial charge in [0.15, 0.2) is 0 Å². The van der Waals surface area contributed by atoms with Gasteiger partial charge in [0.25, 0.3) is 0 Å². The van der Waals surface area contributed by atoms with Crippen LogP contribution in [0, 0.1) is 0 Å². The molecule has 2 aliphatic rings. The Morgan fingerprint density at radius 1 is 1.09 bits per heavy atom. The fraction of sp³-hybridized carbons (Fsp3) is 0.615. The molecule has 2 aromatic rings. The minimum absolute atomic E-state index is 0.117. The maximum Gasteiger partial charge on any atom is 0.516 e. The quantitative estimate of drug-likeness (QED) is 0.380. The molecule has 0 unspecified atom stereocenters. The summed E-state index contributed by atoms with van der Waals surface area (Å²) in [6, 6.07) is 5.65. The van der Waals surface area contributed by atoms with Crippen LogP contribution in [0.25, 0.3) is 11.3 Å². The summed E-state index contributed by atoms with van der Waals surface area (Å²) in [4.78, 5) is 12.8. The molecule has 2 aliphatic carbocycles. The standard InChI is InChI=1S/C26H35Cl2N2O4/c1-26(2,3)33-25(31)30(4,5)17-11-13-18(14-12-17)32-15-19-23(29-34-24(19)16-9-10-16)22-20(27)7-6-8-21(22)28/h6-8,16-18H,9-15H2,1-5H3/q+1. The Bertz CT molecular complexity index is 1010. The van der Waals surface area contributed by atoms with Gasteiger partial charge in [0.2, 0.25) is 0 Å². The lowest BCUT2D eigenvalue weighted by Crippen LogP contribution is -2.56. The Balaban J connectivity index is 1.42. The maximum atomic E-state index is 12.8. The summed E-state index contributed by atoms with van der Waals surface area (Å²) in [5, 5.41) is 5.44. The van der Waals surface area contributed by atoms with Gasteiger partial charge >= 0.3 is 6.09 Å². The van der Waals surface area contributed by atoms with Crippen LogP contribution in [0.15, 0.2) is 22.7 Å². The third kappa shape index (κ3) is 5.62. The topological polar surface area (TPSA) is 61.6 Å². The number of aromatic nitrogens is 1. The Labute approximate surface area is 212 Å². The van der Waals surface area contributed by atoms with Gasteiger partial charge in [-0.25, -0.2) is 4.48 Å². The highest BCUT2D eigenvalue weighted by Gasteiger charge is 2.42. The van der Waals surface area contributed by atoms with Crippen molar-refractivity contribution in [1.29, 1.82) is 0 Å². The van der Waals surface area contributed by atoms with Crippen molar-refractivity contribution in [2.24, 2.45) is 0 Å². The molecular formula is C26H35Cl2N2O4+. The second-order valence-electron chi connectivity index (χ2n) is 11.0. The minimum Gasteiger partial charge on any atom is -0.414 e. The van der Waals surface area contributed by atoms with E-state index in [0.717, 1.165) is 49.8 Å². The summed E-state index contributed by atoms with van der Waals surface area (Å²) in [7, 11) is 3.89. The second-order valence-corrected chi connectivity index (χ2v) is 11.8. The molecule has 0 bridgehead atoms. The first kappa shape index (κ1) is 25.5. The highest BCUT2D eigenvalue weighted by Crippen LogP contribution is 2.46. The Morgan fingerprint density at radius 2 is 1.71 bits per heavy atom. The SMILES string of the molecule is CC(C)(C)OC(=O)[N+](C)(C)C1CCC(OCc2c(-c3c(Cl)cccc3Cl)noc2C2CC2)CC1. The zero-order valence-electron chi connectivity index (χ0n) is 20.7. The van der Waals surface area contributed by atoms with Crippen LogP contribution in [-0.4, -0.2) is 47.6 Å². The number of hydrogen-bond acceptors (Lipinski definition) is 5. The highest BCUT2D eigenvalue weighted by atomic mass is 35.5.